The van der Waals surface area contributed by atoms with E-state index in [1.165, 1.54) is 17.4 Å². The number of benzene rings is 1. The fourth-order valence-corrected chi connectivity index (χ4v) is 2.93. The fraction of sp³-hybridized carbons (Fsp3) is 0.214. The van der Waals surface area contributed by atoms with Crippen LogP contribution in [-0.2, 0) is 18.3 Å². The molecule has 2 heterocycles. The molecule has 5 nitrogen and oxygen atoms in total. The maximum atomic E-state index is 13.5. The highest BCUT2D eigenvalue weighted by Crippen LogP contribution is 2.27. The van der Waals surface area contributed by atoms with Gasteiger partial charge in [0.1, 0.15) is 11.3 Å². The van der Waals surface area contributed by atoms with Gasteiger partial charge in [0, 0.05) is 25.4 Å². The van der Waals surface area contributed by atoms with Gasteiger partial charge in [-0.3, -0.25) is 9.48 Å². The van der Waals surface area contributed by atoms with E-state index in [0.29, 0.717) is 23.5 Å². The summed E-state index contributed by atoms with van der Waals surface area (Å²) < 4.78 is 16.0. The van der Waals surface area contributed by atoms with Crippen LogP contribution in [0.3, 0.4) is 0 Å². The Labute approximate surface area is 124 Å². The number of rotatable bonds is 4. The molecule has 1 N–H and O–H groups in total. The van der Waals surface area contributed by atoms with Crippen LogP contribution in [0, 0.1) is 5.82 Å². The van der Waals surface area contributed by atoms with Crippen LogP contribution in [0.2, 0.25) is 0 Å². The summed E-state index contributed by atoms with van der Waals surface area (Å²) in [5.74, 6) is -0.519. The SMILES string of the molecule is Cn1nccc1CCC(=O)Nc1nc2c(F)cccc2s1. The predicted molar refractivity (Wildman–Crippen MR) is 79.7 cm³/mol. The number of hydrogen-bond acceptors (Lipinski definition) is 4. The number of nitrogens with zero attached hydrogens (tertiary/aromatic N) is 3. The number of aryl methyl sites for hydroxylation is 2. The second-order valence-electron chi connectivity index (χ2n) is 4.60. The topological polar surface area (TPSA) is 59.8 Å². The molecule has 1 aromatic carbocycles. The first-order chi connectivity index (χ1) is 10.1. The average molecular weight is 304 g/mol. The van der Waals surface area contributed by atoms with E-state index >= 15 is 0 Å². The van der Waals surface area contributed by atoms with Gasteiger partial charge in [-0.25, -0.2) is 9.37 Å². The van der Waals surface area contributed by atoms with Crippen molar-refractivity contribution in [1.29, 1.82) is 0 Å². The lowest BCUT2D eigenvalue weighted by molar-refractivity contribution is -0.116. The Hall–Kier alpha value is -2.28. The second kappa shape index (κ2) is 5.61. The molecule has 7 heteroatoms. The van der Waals surface area contributed by atoms with Gasteiger partial charge >= 0.3 is 0 Å². The van der Waals surface area contributed by atoms with Crippen LogP contribution < -0.4 is 5.32 Å². The molecule has 0 aliphatic carbocycles. The molecule has 0 bridgehead atoms. The van der Waals surface area contributed by atoms with Crippen molar-refractivity contribution in [3.05, 3.63) is 42.0 Å². The van der Waals surface area contributed by atoms with E-state index < -0.39 is 0 Å². The Bertz CT molecular complexity index is 795. The predicted octanol–water partition coefficient (Wildman–Crippen LogP) is 2.74. The van der Waals surface area contributed by atoms with Gasteiger partial charge in [-0.1, -0.05) is 17.4 Å². The van der Waals surface area contributed by atoms with Gasteiger partial charge in [0.25, 0.3) is 0 Å². The van der Waals surface area contributed by atoms with E-state index in [1.54, 1.807) is 23.0 Å². The lowest BCUT2D eigenvalue weighted by Crippen LogP contribution is -2.13. The highest BCUT2D eigenvalue weighted by Gasteiger charge is 2.11. The molecule has 0 aliphatic heterocycles. The van der Waals surface area contributed by atoms with E-state index in [2.05, 4.69) is 15.4 Å². The minimum absolute atomic E-state index is 0.143. The zero-order valence-electron chi connectivity index (χ0n) is 11.3. The third-order valence-corrected chi connectivity index (χ3v) is 4.08. The summed E-state index contributed by atoms with van der Waals surface area (Å²) in [7, 11) is 1.84. The van der Waals surface area contributed by atoms with Crippen LogP contribution in [0.5, 0.6) is 0 Å². The van der Waals surface area contributed by atoms with E-state index in [4.69, 9.17) is 0 Å². The van der Waals surface area contributed by atoms with E-state index in [9.17, 15) is 9.18 Å². The first-order valence-electron chi connectivity index (χ1n) is 6.45. The Morgan fingerprint density at radius 3 is 3.00 bits per heavy atom. The molecule has 0 atom stereocenters. The summed E-state index contributed by atoms with van der Waals surface area (Å²) >= 11 is 1.27. The van der Waals surface area contributed by atoms with Crippen LogP contribution >= 0.6 is 11.3 Å². The number of thiazole rings is 1. The summed E-state index contributed by atoms with van der Waals surface area (Å²) in [6.07, 6.45) is 2.63. The summed E-state index contributed by atoms with van der Waals surface area (Å²) in [5, 5.41) is 7.18. The third kappa shape index (κ3) is 2.92. The van der Waals surface area contributed by atoms with Crippen molar-refractivity contribution < 1.29 is 9.18 Å². The lowest BCUT2D eigenvalue weighted by Gasteiger charge is -2.02. The number of carbonyl (C=O) groups excluding carboxylic acids is 1. The molecular formula is C14H13FN4OS. The van der Waals surface area contributed by atoms with Crippen molar-refractivity contribution in [1.82, 2.24) is 14.8 Å². The molecule has 0 fully saturated rings. The number of nitrogens with one attached hydrogen (secondary N) is 1. The number of anilines is 1. The van der Waals surface area contributed by atoms with Crippen molar-refractivity contribution >= 4 is 32.6 Å². The average Bonchev–Trinajstić information content (AvgIpc) is 3.03. The van der Waals surface area contributed by atoms with Gasteiger partial charge in [-0.2, -0.15) is 5.10 Å². The Morgan fingerprint density at radius 2 is 2.29 bits per heavy atom. The van der Waals surface area contributed by atoms with Crippen molar-refractivity contribution in [2.45, 2.75) is 12.8 Å². The fourth-order valence-electron chi connectivity index (χ4n) is 2.04. The molecular weight excluding hydrogens is 291 g/mol. The van der Waals surface area contributed by atoms with Crippen molar-refractivity contribution in [2.24, 2.45) is 7.05 Å². The van der Waals surface area contributed by atoms with Crippen molar-refractivity contribution in [2.75, 3.05) is 5.32 Å². The number of hydrogen-bond donors (Lipinski definition) is 1. The van der Waals surface area contributed by atoms with Gasteiger partial charge in [-0.15, -0.1) is 0 Å². The molecule has 21 heavy (non-hydrogen) atoms. The van der Waals surface area contributed by atoms with Crippen LogP contribution in [0.15, 0.2) is 30.5 Å². The minimum atomic E-state index is -0.376. The number of fused-ring (bicyclic) bond motifs is 1. The van der Waals surface area contributed by atoms with E-state index in [0.717, 1.165) is 10.4 Å². The van der Waals surface area contributed by atoms with Crippen LogP contribution in [-0.4, -0.2) is 20.7 Å². The van der Waals surface area contributed by atoms with Crippen molar-refractivity contribution in [3.63, 3.8) is 0 Å². The molecule has 2 aromatic heterocycles. The van der Waals surface area contributed by atoms with Gasteiger partial charge in [0.2, 0.25) is 5.91 Å². The molecule has 3 rings (SSSR count). The normalized spacial score (nSPS) is 11.0. The highest BCUT2D eigenvalue weighted by molar-refractivity contribution is 7.22. The monoisotopic (exact) mass is 304 g/mol. The number of carbonyl (C=O) groups is 1. The largest absolute Gasteiger partial charge is 0.302 e. The van der Waals surface area contributed by atoms with Gasteiger partial charge in [-0.05, 0) is 24.6 Å². The summed E-state index contributed by atoms with van der Waals surface area (Å²) in [5.41, 5.74) is 1.28. The van der Waals surface area contributed by atoms with Crippen LogP contribution in [0.25, 0.3) is 10.2 Å². The molecule has 3 aromatic rings. The second-order valence-corrected chi connectivity index (χ2v) is 5.63. The molecule has 108 valence electrons. The van der Waals surface area contributed by atoms with E-state index in [1.807, 2.05) is 13.1 Å². The zero-order chi connectivity index (χ0) is 14.8. The summed E-state index contributed by atoms with van der Waals surface area (Å²) in [6, 6.07) is 6.64. The maximum Gasteiger partial charge on any atom is 0.226 e. The van der Waals surface area contributed by atoms with Crippen LogP contribution in [0.4, 0.5) is 9.52 Å². The number of para-hydroxylation sites is 1. The smallest absolute Gasteiger partial charge is 0.226 e. The lowest BCUT2D eigenvalue weighted by atomic mass is 10.2. The molecule has 0 radical (unpaired) electrons. The Balaban J connectivity index is 1.66. The molecule has 0 spiro atoms. The van der Waals surface area contributed by atoms with Crippen LogP contribution in [0.1, 0.15) is 12.1 Å². The highest BCUT2D eigenvalue weighted by atomic mass is 32.1. The first kappa shape index (κ1) is 13.7. The van der Waals surface area contributed by atoms with Gasteiger partial charge < -0.3 is 5.32 Å². The maximum absolute atomic E-state index is 13.5. The minimum Gasteiger partial charge on any atom is -0.302 e. The molecule has 0 saturated heterocycles. The molecule has 0 aliphatic rings. The number of halogens is 1. The summed E-state index contributed by atoms with van der Waals surface area (Å²) in [4.78, 5) is 16.0. The number of amides is 1. The summed E-state index contributed by atoms with van der Waals surface area (Å²) in [6.45, 7) is 0. The third-order valence-electron chi connectivity index (χ3n) is 3.15. The van der Waals surface area contributed by atoms with Gasteiger partial charge in [0.15, 0.2) is 5.13 Å². The quantitative estimate of drug-likeness (QED) is 0.806. The standard InChI is InChI=1S/C14H13FN4OS/c1-19-9(7-8-16-19)5-6-12(20)17-14-18-13-10(15)3-2-4-11(13)21-14/h2-4,7-8H,5-6H2,1H3,(H,17,18,20). The van der Waals surface area contributed by atoms with Gasteiger partial charge in [0.05, 0.1) is 4.70 Å². The zero-order valence-corrected chi connectivity index (χ0v) is 12.2. The first-order valence-corrected chi connectivity index (χ1v) is 7.27. The molecule has 1 amide bonds. The molecule has 0 unspecified atom stereocenters. The Kier molecular flexibility index (Phi) is 3.66. The molecule has 0 saturated carbocycles. The number of aromatic nitrogens is 3. The Morgan fingerprint density at radius 1 is 1.43 bits per heavy atom. The van der Waals surface area contributed by atoms with E-state index in [-0.39, 0.29) is 11.7 Å². The van der Waals surface area contributed by atoms with Crippen molar-refractivity contribution in [3.8, 4) is 0 Å².